The molecule has 0 saturated heterocycles. The molecule has 0 aromatic heterocycles. The Kier molecular flexibility index (Phi) is 22.3. The van der Waals surface area contributed by atoms with Crippen molar-refractivity contribution in [3.63, 3.8) is 0 Å². The predicted octanol–water partition coefficient (Wildman–Crippen LogP) is -0.726. The number of aliphatic carboxylic acids is 1. The Balaban J connectivity index is 5.85. The topological polar surface area (TPSA) is 287 Å². The molecule has 0 aliphatic heterocycles. The van der Waals surface area contributed by atoms with E-state index < -0.39 is 108 Å². The highest BCUT2D eigenvalue weighted by atomic mass is 16.4. The molecular formula is C37H68N8O10. The number of rotatable bonds is 24. The second-order valence-corrected chi connectivity index (χ2v) is 16.1. The average Bonchev–Trinajstić information content (AvgIpc) is 3.05. The number of carbonyl (C=O) groups excluding carboxylic acids is 7. The van der Waals surface area contributed by atoms with Gasteiger partial charge in [0.2, 0.25) is 41.4 Å². The molecule has 11 N–H and O–H groups in total. The highest BCUT2D eigenvalue weighted by molar-refractivity contribution is 5.97. The van der Waals surface area contributed by atoms with Crippen LogP contribution in [0.15, 0.2) is 0 Å². The minimum absolute atomic E-state index is 0.0220. The van der Waals surface area contributed by atoms with E-state index in [9.17, 15) is 48.6 Å². The first-order chi connectivity index (χ1) is 25.3. The van der Waals surface area contributed by atoms with Crippen LogP contribution in [0.25, 0.3) is 0 Å². The minimum atomic E-state index is -1.55. The van der Waals surface area contributed by atoms with Crippen LogP contribution in [-0.4, -0.2) is 112 Å². The fourth-order valence-electron chi connectivity index (χ4n) is 5.31. The van der Waals surface area contributed by atoms with Gasteiger partial charge in [0.1, 0.15) is 36.3 Å². The monoisotopic (exact) mass is 785 g/mol. The Hall–Kier alpha value is -4.32. The van der Waals surface area contributed by atoms with Gasteiger partial charge in [-0.3, -0.25) is 33.6 Å². The van der Waals surface area contributed by atoms with Gasteiger partial charge in [-0.05, 0) is 62.7 Å². The average molecular weight is 785 g/mol. The molecule has 0 aliphatic carbocycles. The zero-order valence-corrected chi connectivity index (χ0v) is 34.6. The summed E-state index contributed by atoms with van der Waals surface area (Å²) in [5.41, 5.74) is 5.82. The summed E-state index contributed by atoms with van der Waals surface area (Å²) in [6, 6.07) is -8.22. The first-order valence-corrected chi connectivity index (χ1v) is 19.0. The van der Waals surface area contributed by atoms with Gasteiger partial charge in [-0.1, -0.05) is 69.2 Å². The Morgan fingerprint density at radius 3 is 1.35 bits per heavy atom. The molecule has 7 amide bonds. The molecule has 0 aromatic rings. The SMILES string of the molecule is CC(C)C[C@H](NC(=O)[C@@H](NC(=O)[C@H](C)NC(=O)[C@H](CC(C)C)NC(=O)[C@@H](NC(=O)[C@H](CC(C)C)NC(=O)CNC(=O)[C@@H](N)C(C)C)[C@@H](C)O)C(C)C)C(=O)O. The molecule has 0 spiro atoms. The predicted molar refractivity (Wildman–Crippen MR) is 206 cm³/mol. The first kappa shape index (κ1) is 50.7. The molecule has 0 saturated carbocycles. The molecule has 0 heterocycles. The van der Waals surface area contributed by atoms with Crippen LogP contribution < -0.4 is 43.0 Å². The number of hydrogen-bond donors (Lipinski definition) is 10. The van der Waals surface area contributed by atoms with Gasteiger partial charge in [-0.15, -0.1) is 0 Å². The van der Waals surface area contributed by atoms with Crippen molar-refractivity contribution in [1.29, 1.82) is 0 Å². The van der Waals surface area contributed by atoms with Crippen molar-refractivity contribution in [1.82, 2.24) is 37.2 Å². The summed E-state index contributed by atoms with van der Waals surface area (Å²) >= 11 is 0. The van der Waals surface area contributed by atoms with E-state index in [-0.39, 0.29) is 42.9 Å². The number of nitrogens with one attached hydrogen (secondary N) is 7. The lowest BCUT2D eigenvalue weighted by Gasteiger charge is -2.29. The molecule has 0 radical (unpaired) electrons. The Bertz CT molecular complexity index is 1320. The number of aliphatic hydroxyl groups is 1. The van der Waals surface area contributed by atoms with Gasteiger partial charge in [0.15, 0.2) is 0 Å². The number of aliphatic hydroxyl groups excluding tert-OH is 1. The smallest absolute Gasteiger partial charge is 0.326 e. The fraction of sp³-hybridized carbons (Fsp3) is 0.784. The second-order valence-electron chi connectivity index (χ2n) is 16.1. The van der Waals surface area contributed by atoms with E-state index in [0.717, 1.165) is 0 Å². The van der Waals surface area contributed by atoms with E-state index in [1.54, 1.807) is 41.5 Å². The van der Waals surface area contributed by atoms with Crippen molar-refractivity contribution in [3.05, 3.63) is 0 Å². The zero-order chi connectivity index (χ0) is 42.9. The summed E-state index contributed by atoms with van der Waals surface area (Å²) in [5, 5.41) is 37.6. The fourth-order valence-corrected chi connectivity index (χ4v) is 5.31. The van der Waals surface area contributed by atoms with Gasteiger partial charge in [-0.2, -0.15) is 0 Å². The van der Waals surface area contributed by atoms with E-state index in [1.165, 1.54) is 13.8 Å². The number of nitrogens with two attached hydrogens (primary N) is 1. The van der Waals surface area contributed by atoms with E-state index in [1.807, 2.05) is 27.7 Å². The summed E-state index contributed by atoms with van der Waals surface area (Å²) in [4.78, 5) is 103. The lowest BCUT2D eigenvalue weighted by molar-refractivity contribution is -0.143. The maximum absolute atomic E-state index is 13.5. The van der Waals surface area contributed by atoms with Crippen LogP contribution in [0.3, 0.4) is 0 Å². The molecule has 0 fully saturated rings. The van der Waals surface area contributed by atoms with Crippen molar-refractivity contribution in [3.8, 4) is 0 Å². The van der Waals surface area contributed by atoms with Crippen LogP contribution in [0.2, 0.25) is 0 Å². The molecule has 18 nitrogen and oxygen atoms in total. The van der Waals surface area contributed by atoms with E-state index >= 15 is 0 Å². The Labute approximate surface area is 325 Å². The molecule has 0 aliphatic rings. The van der Waals surface area contributed by atoms with Crippen molar-refractivity contribution < 1.29 is 48.6 Å². The van der Waals surface area contributed by atoms with Crippen LogP contribution >= 0.6 is 0 Å². The maximum atomic E-state index is 13.5. The molecule has 0 aromatic carbocycles. The van der Waals surface area contributed by atoms with Crippen molar-refractivity contribution in [2.24, 2.45) is 35.3 Å². The highest BCUT2D eigenvalue weighted by Gasteiger charge is 2.35. The third kappa shape index (κ3) is 19.2. The van der Waals surface area contributed by atoms with Crippen LogP contribution in [0.5, 0.6) is 0 Å². The maximum Gasteiger partial charge on any atom is 0.326 e. The van der Waals surface area contributed by atoms with Gasteiger partial charge in [-0.25, -0.2) is 4.79 Å². The molecular weight excluding hydrogens is 716 g/mol. The van der Waals surface area contributed by atoms with Crippen LogP contribution in [0, 0.1) is 29.6 Å². The zero-order valence-electron chi connectivity index (χ0n) is 34.6. The molecule has 0 rings (SSSR count). The molecule has 316 valence electrons. The molecule has 18 heteroatoms. The van der Waals surface area contributed by atoms with Gasteiger partial charge in [0.05, 0.1) is 18.7 Å². The lowest BCUT2D eigenvalue weighted by atomic mass is 10.00. The summed E-state index contributed by atoms with van der Waals surface area (Å²) in [6.07, 6.45) is -1.00. The summed E-state index contributed by atoms with van der Waals surface area (Å²) in [6.45, 7) is 19.9. The largest absolute Gasteiger partial charge is 0.480 e. The molecule has 8 atom stereocenters. The van der Waals surface area contributed by atoms with E-state index in [4.69, 9.17) is 5.73 Å². The van der Waals surface area contributed by atoms with Crippen molar-refractivity contribution >= 4 is 47.3 Å². The number of carboxylic acid groups (broad SMARTS) is 1. The van der Waals surface area contributed by atoms with Gasteiger partial charge < -0.3 is 53.2 Å². The highest BCUT2D eigenvalue weighted by Crippen LogP contribution is 2.11. The molecule has 0 bridgehead atoms. The second kappa shape index (κ2) is 24.2. The van der Waals surface area contributed by atoms with Gasteiger partial charge in [0, 0.05) is 0 Å². The lowest BCUT2D eigenvalue weighted by Crippen LogP contribution is -2.61. The quantitative estimate of drug-likeness (QED) is 0.0583. The number of hydrogen-bond acceptors (Lipinski definition) is 10. The minimum Gasteiger partial charge on any atom is -0.480 e. The Morgan fingerprint density at radius 1 is 0.491 bits per heavy atom. The van der Waals surface area contributed by atoms with Crippen LogP contribution in [0.4, 0.5) is 0 Å². The third-order valence-electron chi connectivity index (χ3n) is 8.53. The van der Waals surface area contributed by atoms with E-state index in [0.29, 0.717) is 0 Å². The van der Waals surface area contributed by atoms with Crippen LogP contribution in [0.1, 0.15) is 102 Å². The normalized spacial score (nSPS) is 15.9. The Morgan fingerprint density at radius 2 is 0.909 bits per heavy atom. The standard InChI is InChI=1S/C37H68N8O10/c1-17(2)13-24(41-27(47)16-39-34(51)28(38)20(7)8)33(50)45-30(23(12)46)36(53)42-25(14-18(3)4)32(49)40-22(11)31(48)44-29(21(9)10)35(52)43-26(37(54)55)15-19(5)6/h17-26,28-30,46H,13-16,38H2,1-12H3,(H,39,51)(H,40,49)(H,41,47)(H,42,53)(H,43,52)(H,44,48)(H,45,50)(H,54,55)/t22-,23+,24-,25-,26-,28-,29-,30-/m0/s1. The third-order valence-corrected chi connectivity index (χ3v) is 8.53. The van der Waals surface area contributed by atoms with Crippen molar-refractivity contribution in [2.45, 2.75) is 151 Å². The van der Waals surface area contributed by atoms with E-state index in [2.05, 4.69) is 37.2 Å². The summed E-state index contributed by atoms with van der Waals surface area (Å²) in [7, 11) is 0. The molecule has 0 unspecified atom stereocenters. The van der Waals surface area contributed by atoms with Gasteiger partial charge >= 0.3 is 5.97 Å². The number of amides is 7. The summed E-state index contributed by atoms with van der Waals surface area (Å²) < 4.78 is 0. The summed E-state index contributed by atoms with van der Waals surface area (Å²) in [5.74, 6) is -7.15. The van der Waals surface area contributed by atoms with Crippen molar-refractivity contribution in [2.75, 3.05) is 6.54 Å². The molecule has 55 heavy (non-hydrogen) atoms. The number of carbonyl (C=O) groups is 8. The number of carboxylic acids is 1. The van der Waals surface area contributed by atoms with Gasteiger partial charge in [0.25, 0.3) is 0 Å². The van der Waals surface area contributed by atoms with Crippen LogP contribution in [-0.2, 0) is 38.4 Å². The first-order valence-electron chi connectivity index (χ1n) is 19.0.